The molecule has 0 aliphatic heterocycles. The van der Waals surface area contributed by atoms with Gasteiger partial charge in [-0.1, -0.05) is 32.4 Å². The Morgan fingerprint density at radius 2 is 2.06 bits per heavy atom. The predicted octanol–water partition coefficient (Wildman–Crippen LogP) is 2.82. The highest BCUT2D eigenvalue weighted by Gasteiger charge is 2.10. The molecular weight excluding hydrogens is 200 g/mol. The zero-order valence-corrected chi connectivity index (χ0v) is 10.5. The molecule has 0 aliphatic rings. The first-order valence-corrected chi connectivity index (χ1v) is 6.01. The van der Waals surface area contributed by atoms with Crippen LogP contribution >= 0.6 is 0 Å². The summed E-state index contributed by atoms with van der Waals surface area (Å²) in [6.45, 7) is 4.50. The van der Waals surface area contributed by atoms with Crippen LogP contribution < -0.4 is 4.74 Å². The molecule has 0 saturated carbocycles. The Hall–Kier alpha value is -1.02. The van der Waals surface area contributed by atoms with E-state index in [2.05, 4.69) is 26.0 Å². The molecular formula is C14H22O2. The Kier molecular flexibility index (Phi) is 5.33. The minimum Gasteiger partial charge on any atom is -0.496 e. The Bertz CT molecular complexity index is 317. The summed E-state index contributed by atoms with van der Waals surface area (Å²) in [5.41, 5.74) is 2.53. The van der Waals surface area contributed by atoms with E-state index in [1.165, 1.54) is 11.1 Å². The van der Waals surface area contributed by atoms with Gasteiger partial charge >= 0.3 is 0 Å². The largest absolute Gasteiger partial charge is 0.496 e. The minimum absolute atomic E-state index is 0.246. The molecule has 2 heteroatoms. The van der Waals surface area contributed by atoms with Gasteiger partial charge in [-0.25, -0.2) is 0 Å². The van der Waals surface area contributed by atoms with E-state index < -0.39 is 0 Å². The summed E-state index contributed by atoms with van der Waals surface area (Å²) >= 11 is 0. The average molecular weight is 222 g/mol. The number of hydrogen-bond donors (Lipinski definition) is 1. The van der Waals surface area contributed by atoms with Crippen LogP contribution in [0.1, 0.15) is 31.4 Å². The van der Waals surface area contributed by atoms with Crippen LogP contribution in [0, 0.1) is 5.92 Å². The van der Waals surface area contributed by atoms with Crippen LogP contribution in [0.2, 0.25) is 0 Å². The first-order valence-electron chi connectivity index (χ1n) is 6.01. The van der Waals surface area contributed by atoms with Crippen LogP contribution in [-0.2, 0) is 12.8 Å². The van der Waals surface area contributed by atoms with Crippen LogP contribution in [0.25, 0.3) is 0 Å². The lowest BCUT2D eigenvalue weighted by Crippen LogP contribution is -2.09. The van der Waals surface area contributed by atoms with E-state index >= 15 is 0 Å². The van der Waals surface area contributed by atoms with Crippen LogP contribution in [0.3, 0.4) is 0 Å². The molecule has 1 N–H and O–H groups in total. The number of methoxy groups -OCH3 is 1. The maximum atomic E-state index is 9.24. The highest BCUT2D eigenvalue weighted by atomic mass is 16.5. The first kappa shape index (κ1) is 13.0. The molecule has 16 heavy (non-hydrogen) atoms. The van der Waals surface area contributed by atoms with Crippen LogP contribution in [-0.4, -0.2) is 18.8 Å². The number of aryl methyl sites for hydroxylation is 1. The second kappa shape index (κ2) is 6.54. The highest BCUT2D eigenvalue weighted by Crippen LogP contribution is 2.24. The van der Waals surface area contributed by atoms with E-state index in [1.807, 2.05) is 6.07 Å². The molecule has 0 amide bonds. The number of rotatable bonds is 6. The molecule has 0 aromatic heterocycles. The van der Waals surface area contributed by atoms with Crippen molar-refractivity contribution in [3.8, 4) is 5.75 Å². The zero-order valence-electron chi connectivity index (χ0n) is 10.5. The van der Waals surface area contributed by atoms with Gasteiger partial charge < -0.3 is 9.84 Å². The van der Waals surface area contributed by atoms with Gasteiger partial charge in [0.05, 0.1) is 7.11 Å². The van der Waals surface area contributed by atoms with Crippen molar-refractivity contribution >= 4 is 0 Å². The standard InChI is InChI=1S/C14H22O2/c1-4-11-6-7-14(16-3)13(8-11)9-12(5-2)10-15/h6-8,12,15H,4-5,9-10H2,1-3H3. The van der Waals surface area contributed by atoms with Gasteiger partial charge in [-0.2, -0.15) is 0 Å². The van der Waals surface area contributed by atoms with E-state index in [-0.39, 0.29) is 6.61 Å². The third-order valence-corrected chi connectivity index (χ3v) is 3.10. The Labute approximate surface area is 98.3 Å². The van der Waals surface area contributed by atoms with Gasteiger partial charge in [-0.15, -0.1) is 0 Å². The molecule has 0 heterocycles. The fraction of sp³-hybridized carbons (Fsp3) is 0.571. The van der Waals surface area contributed by atoms with E-state index in [4.69, 9.17) is 4.74 Å². The van der Waals surface area contributed by atoms with Crippen molar-refractivity contribution in [1.82, 2.24) is 0 Å². The molecule has 1 aromatic rings. The lowest BCUT2D eigenvalue weighted by atomic mass is 9.95. The summed E-state index contributed by atoms with van der Waals surface area (Å²) in [4.78, 5) is 0. The number of benzene rings is 1. The van der Waals surface area contributed by atoms with E-state index in [9.17, 15) is 5.11 Å². The molecule has 1 aromatic carbocycles. The normalized spacial score (nSPS) is 12.5. The SMILES string of the molecule is CCc1ccc(OC)c(CC(CC)CO)c1. The summed E-state index contributed by atoms with van der Waals surface area (Å²) in [5.74, 6) is 1.27. The smallest absolute Gasteiger partial charge is 0.122 e. The molecule has 0 bridgehead atoms. The highest BCUT2D eigenvalue weighted by molar-refractivity contribution is 5.37. The molecule has 0 saturated heterocycles. The Morgan fingerprint density at radius 3 is 2.56 bits per heavy atom. The van der Waals surface area contributed by atoms with Crippen molar-refractivity contribution in [3.05, 3.63) is 29.3 Å². The summed E-state index contributed by atoms with van der Waals surface area (Å²) in [7, 11) is 1.70. The van der Waals surface area contributed by atoms with Crippen LogP contribution in [0.15, 0.2) is 18.2 Å². The molecule has 0 aliphatic carbocycles. The molecule has 0 radical (unpaired) electrons. The van der Waals surface area contributed by atoms with Crippen molar-refractivity contribution < 1.29 is 9.84 Å². The summed E-state index contributed by atoms with van der Waals surface area (Å²) in [6.07, 6.45) is 2.92. The maximum Gasteiger partial charge on any atom is 0.122 e. The molecule has 90 valence electrons. The minimum atomic E-state index is 0.246. The topological polar surface area (TPSA) is 29.5 Å². The molecule has 0 spiro atoms. The van der Waals surface area contributed by atoms with Gasteiger partial charge in [0.2, 0.25) is 0 Å². The van der Waals surface area contributed by atoms with Gasteiger partial charge in [0.25, 0.3) is 0 Å². The zero-order chi connectivity index (χ0) is 12.0. The second-order valence-corrected chi connectivity index (χ2v) is 4.16. The van der Waals surface area contributed by atoms with Crippen molar-refractivity contribution in [2.75, 3.05) is 13.7 Å². The Balaban J connectivity index is 2.90. The van der Waals surface area contributed by atoms with Gasteiger partial charge in [-0.05, 0) is 36.0 Å². The van der Waals surface area contributed by atoms with Crippen LogP contribution in [0.4, 0.5) is 0 Å². The quantitative estimate of drug-likeness (QED) is 0.802. The van der Waals surface area contributed by atoms with Crippen LogP contribution in [0.5, 0.6) is 5.75 Å². The fourth-order valence-electron chi connectivity index (χ4n) is 1.86. The van der Waals surface area contributed by atoms with Crippen molar-refractivity contribution in [2.24, 2.45) is 5.92 Å². The lowest BCUT2D eigenvalue weighted by molar-refractivity contribution is 0.221. The third-order valence-electron chi connectivity index (χ3n) is 3.10. The van der Waals surface area contributed by atoms with Gasteiger partial charge in [0.15, 0.2) is 0 Å². The maximum absolute atomic E-state index is 9.24. The van der Waals surface area contributed by atoms with Gasteiger partial charge in [0.1, 0.15) is 5.75 Å². The summed E-state index contributed by atoms with van der Waals surface area (Å²) in [6, 6.07) is 6.32. The fourth-order valence-corrected chi connectivity index (χ4v) is 1.86. The Morgan fingerprint density at radius 1 is 1.31 bits per heavy atom. The lowest BCUT2D eigenvalue weighted by Gasteiger charge is -2.15. The van der Waals surface area contributed by atoms with Crippen molar-refractivity contribution in [3.63, 3.8) is 0 Å². The number of hydrogen-bond acceptors (Lipinski definition) is 2. The number of aliphatic hydroxyl groups excluding tert-OH is 1. The molecule has 0 fully saturated rings. The summed E-state index contributed by atoms with van der Waals surface area (Å²) < 4.78 is 5.35. The number of ether oxygens (including phenoxy) is 1. The van der Waals surface area contributed by atoms with Gasteiger partial charge in [0, 0.05) is 6.61 Å². The number of aliphatic hydroxyl groups is 1. The van der Waals surface area contributed by atoms with Gasteiger partial charge in [-0.3, -0.25) is 0 Å². The monoisotopic (exact) mass is 222 g/mol. The molecule has 2 nitrogen and oxygen atoms in total. The molecule has 1 rings (SSSR count). The average Bonchev–Trinajstić information content (AvgIpc) is 2.35. The van der Waals surface area contributed by atoms with E-state index in [1.54, 1.807) is 7.11 Å². The molecule has 1 atom stereocenters. The predicted molar refractivity (Wildman–Crippen MR) is 66.9 cm³/mol. The first-order chi connectivity index (χ1) is 7.74. The molecule has 1 unspecified atom stereocenters. The van der Waals surface area contributed by atoms with E-state index in [0.29, 0.717) is 5.92 Å². The third kappa shape index (κ3) is 3.24. The summed E-state index contributed by atoms with van der Waals surface area (Å²) in [5, 5.41) is 9.24. The van der Waals surface area contributed by atoms with Crippen molar-refractivity contribution in [2.45, 2.75) is 33.1 Å². The van der Waals surface area contributed by atoms with E-state index in [0.717, 1.165) is 25.0 Å². The van der Waals surface area contributed by atoms with Crippen molar-refractivity contribution in [1.29, 1.82) is 0 Å². The second-order valence-electron chi connectivity index (χ2n) is 4.16.